The highest BCUT2D eigenvalue weighted by Crippen LogP contribution is 2.26. The number of amides is 1. The van der Waals surface area contributed by atoms with Crippen LogP contribution in [0.3, 0.4) is 0 Å². The molecule has 0 saturated heterocycles. The predicted octanol–water partition coefficient (Wildman–Crippen LogP) is 1.66. The summed E-state index contributed by atoms with van der Waals surface area (Å²) in [5.74, 6) is -0.958. The van der Waals surface area contributed by atoms with E-state index in [1.54, 1.807) is 46.9 Å². The van der Waals surface area contributed by atoms with Gasteiger partial charge in [0.25, 0.3) is 5.91 Å². The summed E-state index contributed by atoms with van der Waals surface area (Å²) in [6.45, 7) is 6.25. The summed E-state index contributed by atoms with van der Waals surface area (Å²) in [7, 11) is -1.71. The molecule has 0 aliphatic rings. The molecule has 0 saturated carbocycles. The predicted molar refractivity (Wildman–Crippen MR) is 94.9 cm³/mol. The van der Waals surface area contributed by atoms with E-state index in [0.717, 1.165) is 6.26 Å². The number of carboxylic acid groups (broad SMARTS) is 1. The second-order valence-corrected chi connectivity index (χ2v) is 8.72. The largest absolute Gasteiger partial charge is 0.481 e. The molecule has 0 aromatic heterocycles. The zero-order chi connectivity index (χ0) is 19.5. The summed E-state index contributed by atoms with van der Waals surface area (Å²) in [5, 5.41) is 8.02. The normalized spacial score (nSPS) is 13.8. The Kier molecular flexibility index (Phi) is 6.59. The number of carbonyl (C=O) groups excluding carboxylic acids is 1. The van der Waals surface area contributed by atoms with Crippen LogP contribution in [0.25, 0.3) is 0 Å². The monoisotopic (exact) mass is 371 g/mol. The molecular weight excluding hydrogens is 346 g/mol. The molecule has 0 aliphatic heterocycles. The minimum atomic E-state index is -3.27. The van der Waals surface area contributed by atoms with Gasteiger partial charge in [-0.05, 0) is 51.0 Å². The van der Waals surface area contributed by atoms with Crippen LogP contribution in [0.1, 0.15) is 35.3 Å². The standard InChI is InChI=1S/C17H25NO6S/c1-10-7-14(8-11(2)16(10)24-9-15(19)20)17(21)18(5)12(3)13(4)25(6,22)23/h7-8,12-13H,9H2,1-6H3,(H,19,20). The van der Waals surface area contributed by atoms with E-state index in [4.69, 9.17) is 9.84 Å². The minimum Gasteiger partial charge on any atom is -0.481 e. The fourth-order valence-corrected chi connectivity index (χ4v) is 3.39. The number of carbonyl (C=O) groups is 2. The molecule has 1 N–H and O–H groups in total. The van der Waals surface area contributed by atoms with Crippen LogP contribution in [-0.4, -0.2) is 61.5 Å². The number of ether oxygens (including phenoxy) is 1. The zero-order valence-corrected chi connectivity index (χ0v) is 16.2. The maximum Gasteiger partial charge on any atom is 0.341 e. The Morgan fingerprint density at radius 2 is 1.68 bits per heavy atom. The first-order valence-electron chi connectivity index (χ1n) is 7.78. The molecule has 0 aliphatic carbocycles. The average molecular weight is 371 g/mol. The highest BCUT2D eigenvalue weighted by Gasteiger charge is 2.29. The molecule has 2 atom stereocenters. The van der Waals surface area contributed by atoms with Crippen LogP contribution in [0, 0.1) is 13.8 Å². The molecule has 0 heterocycles. The molecule has 0 spiro atoms. The van der Waals surface area contributed by atoms with Crippen molar-refractivity contribution in [3.8, 4) is 5.75 Å². The summed E-state index contributed by atoms with van der Waals surface area (Å²) in [5.41, 5.74) is 1.68. The van der Waals surface area contributed by atoms with Gasteiger partial charge in [-0.2, -0.15) is 0 Å². The number of rotatable bonds is 7. The number of aryl methyl sites for hydroxylation is 2. The Hall–Kier alpha value is -2.09. The molecule has 7 nitrogen and oxygen atoms in total. The van der Waals surface area contributed by atoms with Gasteiger partial charge in [0.2, 0.25) is 0 Å². The Morgan fingerprint density at radius 1 is 1.20 bits per heavy atom. The van der Waals surface area contributed by atoms with E-state index in [2.05, 4.69) is 0 Å². The van der Waals surface area contributed by atoms with Crippen molar-refractivity contribution in [2.45, 2.75) is 39.0 Å². The number of carboxylic acids is 1. The molecule has 8 heteroatoms. The smallest absolute Gasteiger partial charge is 0.341 e. The highest BCUT2D eigenvalue weighted by atomic mass is 32.2. The lowest BCUT2D eigenvalue weighted by atomic mass is 10.0. The van der Waals surface area contributed by atoms with Crippen molar-refractivity contribution in [2.75, 3.05) is 19.9 Å². The number of benzene rings is 1. The topological polar surface area (TPSA) is 101 Å². The first kappa shape index (κ1) is 21.0. The van der Waals surface area contributed by atoms with Crippen LogP contribution in [0.5, 0.6) is 5.75 Å². The Bertz CT molecular complexity index is 748. The third kappa shape index (κ3) is 5.19. The minimum absolute atomic E-state index is 0.306. The van der Waals surface area contributed by atoms with E-state index in [1.807, 2.05) is 0 Å². The maximum absolute atomic E-state index is 12.7. The molecule has 0 fully saturated rings. The van der Waals surface area contributed by atoms with Gasteiger partial charge in [0, 0.05) is 24.9 Å². The average Bonchev–Trinajstić information content (AvgIpc) is 2.49. The number of sulfone groups is 1. The van der Waals surface area contributed by atoms with Gasteiger partial charge in [0.15, 0.2) is 16.4 Å². The summed E-state index contributed by atoms with van der Waals surface area (Å²) in [4.78, 5) is 24.7. The number of hydrogen-bond donors (Lipinski definition) is 1. The van der Waals surface area contributed by atoms with Gasteiger partial charge in [0.05, 0.1) is 5.25 Å². The summed E-state index contributed by atoms with van der Waals surface area (Å²) in [6, 6.07) is 2.73. The molecule has 25 heavy (non-hydrogen) atoms. The van der Waals surface area contributed by atoms with Gasteiger partial charge in [-0.25, -0.2) is 13.2 Å². The van der Waals surface area contributed by atoms with Crippen molar-refractivity contribution in [1.82, 2.24) is 4.90 Å². The SMILES string of the molecule is Cc1cc(C(=O)N(C)C(C)C(C)S(C)(=O)=O)cc(C)c1OCC(=O)O. The zero-order valence-electron chi connectivity index (χ0n) is 15.4. The van der Waals surface area contributed by atoms with Crippen molar-refractivity contribution in [3.05, 3.63) is 28.8 Å². The highest BCUT2D eigenvalue weighted by molar-refractivity contribution is 7.91. The molecule has 1 aromatic carbocycles. The maximum atomic E-state index is 12.7. The lowest BCUT2D eigenvalue weighted by Crippen LogP contribution is -2.44. The van der Waals surface area contributed by atoms with Gasteiger partial charge in [-0.3, -0.25) is 4.79 Å². The van der Waals surface area contributed by atoms with Crippen LogP contribution < -0.4 is 4.74 Å². The second-order valence-electron chi connectivity index (χ2n) is 6.31. The van der Waals surface area contributed by atoms with Crippen molar-refractivity contribution in [1.29, 1.82) is 0 Å². The number of hydrogen-bond acceptors (Lipinski definition) is 5. The molecule has 1 aromatic rings. The summed E-state index contributed by atoms with van der Waals surface area (Å²) >= 11 is 0. The fraction of sp³-hybridized carbons (Fsp3) is 0.529. The van der Waals surface area contributed by atoms with E-state index in [0.29, 0.717) is 22.4 Å². The van der Waals surface area contributed by atoms with E-state index < -0.39 is 33.7 Å². The van der Waals surface area contributed by atoms with Crippen LogP contribution >= 0.6 is 0 Å². The fourth-order valence-electron chi connectivity index (χ4n) is 2.50. The van der Waals surface area contributed by atoms with Crippen molar-refractivity contribution in [2.24, 2.45) is 0 Å². The second kappa shape index (κ2) is 7.86. The van der Waals surface area contributed by atoms with Gasteiger partial charge >= 0.3 is 5.97 Å². The lowest BCUT2D eigenvalue weighted by Gasteiger charge is -2.29. The van der Waals surface area contributed by atoms with E-state index >= 15 is 0 Å². The molecule has 1 rings (SSSR count). The third-order valence-corrected chi connectivity index (χ3v) is 6.08. The van der Waals surface area contributed by atoms with Gasteiger partial charge < -0.3 is 14.7 Å². The number of aliphatic carboxylic acids is 1. The van der Waals surface area contributed by atoms with Crippen LogP contribution in [0.4, 0.5) is 0 Å². The summed E-state index contributed by atoms with van der Waals surface area (Å²) < 4.78 is 28.7. The van der Waals surface area contributed by atoms with Crippen molar-refractivity contribution in [3.63, 3.8) is 0 Å². The van der Waals surface area contributed by atoms with Crippen molar-refractivity contribution >= 4 is 21.7 Å². The van der Waals surface area contributed by atoms with Crippen LogP contribution in [0.15, 0.2) is 12.1 Å². The molecule has 140 valence electrons. The van der Waals surface area contributed by atoms with E-state index in [9.17, 15) is 18.0 Å². The molecule has 1 amide bonds. The Balaban J connectivity index is 3.08. The van der Waals surface area contributed by atoms with Crippen molar-refractivity contribution < 1.29 is 27.9 Å². The molecule has 2 unspecified atom stereocenters. The quantitative estimate of drug-likeness (QED) is 0.782. The Morgan fingerprint density at radius 3 is 2.08 bits per heavy atom. The van der Waals surface area contributed by atoms with Gasteiger partial charge in [-0.15, -0.1) is 0 Å². The van der Waals surface area contributed by atoms with Crippen LogP contribution in [0.2, 0.25) is 0 Å². The summed E-state index contributed by atoms with van der Waals surface area (Å²) in [6.07, 6.45) is 1.15. The molecule has 0 bridgehead atoms. The Labute approximate surface area is 148 Å². The first-order chi connectivity index (χ1) is 11.4. The lowest BCUT2D eigenvalue weighted by molar-refractivity contribution is -0.139. The van der Waals surface area contributed by atoms with Crippen LogP contribution in [-0.2, 0) is 14.6 Å². The first-order valence-corrected chi connectivity index (χ1v) is 9.73. The van der Waals surface area contributed by atoms with Gasteiger partial charge in [-0.1, -0.05) is 0 Å². The molecular formula is C17H25NO6S. The number of nitrogens with zero attached hydrogens (tertiary/aromatic N) is 1. The third-order valence-electron chi connectivity index (χ3n) is 4.33. The van der Waals surface area contributed by atoms with Gasteiger partial charge in [0.1, 0.15) is 5.75 Å². The molecule has 0 radical (unpaired) electrons. The van der Waals surface area contributed by atoms with E-state index in [-0.39, 0.29) is 5.91 Å². The van der Waals surface area contributed by atoms with E-state index in [1.165, 1.54) is 4.90 Å².